The van der Waals surface area contributed by atoms with Crippen molar-refractivity contribution < 1.29 is 19.2 Å². The molecule has 1 aliphatic heterocycles. The number of nitrogens with zero attached hydrogens (tertiary/aromatic N) is 1. The smallest absolute Gasteiger partial charge is 0.280 e. The summed E-state index contributed by atoms with van der Waals surface area (Å²) in [4.78, 5) is 27.6. The molecule has 0 radical (unpaired) electrons. The third-order valence-corrected chi connectivity index (χ3v) is 4.64. The molecule has 1 aromatic rings. The summed E-state index contributed by atoms with van der Waals surface area (Å²) in [6.45, 7) is 9.65. The van der Waals surface area contributed by atoms with E-state index in [2.05, 4.69) is 5.32 Å². The second kappa shape index (κ2) is 8.45. The first kappa shape index (κ1) is 19.4. The Morgan fingerprint density at radius 1 is 1.24 bits per heavy atom. The number of nitrogens with one attached hydrogen (secondary N) is 2. The first-order valence-electron chi connectivity index (χ1n) is 8.87. The van der Waals surface area contributed by atoms with Crippen molar-refractivity contribution >= 4 is 17.5 Å². The molecule has 2 N–H and O–H groups in total. The summed E-state index contributed by atoms with van der Waals surface area (Å²) in [5, 5.41) is 2.83. The van der Waals surface area contributed by atoms with Crippen molar-refractivity contribution in [3.05, 3.63) is 29.8 Å². The maximum absolute atomic E-state index is 12.7. The fraction of sp³-hybridized carbons (Fsp3) is 0.579. The third-order valence-electron chi connectivity index (χ3n) is 4.64. The second-order valence-electron chi connectivity index (χ2n) is 7.15. The lowest BCUT2D eigenvalue weighted by molar-refractivity contribution is -0.928. The minimum Gasteiger partial charge on any atom is -0.364 e. The van der Waals surface area contributed by atoms with Crippen LogP contribution in [0.1, 0.15) is 26.3 Å². The number of quaternary nitrogens is 1. The van der Waals surface area contributed by atoms with E-state index in [1.165, 1.54) is 9.80 Å². The van der Waals surface area contributed by atoms with Crippen LogP contribution in [-0.4, -0.2) is 61.6 Å². The maximum Gasteiger partial charge on any atom is 0.280 e. The zero-order chi connectivity index (χ0) is 18.6. The second-order valence-corrected chi connectivity index (χ2v) is 7.15. The van der Waals surface area contributed by atoms with Gasteiger partial charge in [0.15, 0.2) is 6.04 Å². The lowest BCUT2D eigenvalue weighted by Crippen LogP contribution is -3.19. The van der Waals surface area contributed by atoms with Crippen molar-refractivity contribution in [1.29, 1.82) is 0 Å². The molecule has 2 amide bonds. The average Bonchev–Trinajstić information content (AvgIpc) is 2.54. The van der Waals surface area contributed by atoms with Crippen LogP contribution in [0.2, 0.25) is 0 Å². The summed E-state index contributed by atoms with van der Waals surface area (Å²) in [7, 11) is 1.68. The Labute approximate surface area is 150 Å². The van der Waals surface area contributed by atoms with Crippen LogP contribution in [0.5, 0.6) is 0 Å². The largest absolute Gasteiger partial charge is 0.364 e. The molecule has 0 unspecified atom stereocenters. The molecule has 0 saturated carbocycles. The molecule has 0 aliphatic carbocycles. The van der Waals surface area contributed by atoms with Crippen LogP contribution in [0.25, 0.3) is 0 Å². The number of hydrogen-bond acceptors (Lipinski definition) is 3. The van der Waals surface area contributed by atoms with Crippen molar-refractivity contribution in [3.8, 4) is 0 Å². The van der Waals surface area contributed by atoms with E-state index in [1.54, 1.807) is 7.05 Å². The van der Waals surface area contributed by atoms with Gasteiger partial charge in [-0.2, -0.15) is 0 Å². The number of rotatable bonds is 5. The van der Waals surface area contributed by atoms with Crippen LogP contribution in [0.15, 0.2) is 24.3 Å². The van der Waals surface area contributed by atoms with Gasteiger partial charge in [-0.25, -0.2) is 0 Å². The molecular weight excluding hydrogens is 318 g/mol. The van der Waals surface area contributed by atoms with Gasteiger partial charge < -0.3 is 19.9 Å². The van der Waals surface area contributed by atoms with Gasteiger partial charge in [-0.1, -0.05) is 17.7 Å². The normalized spacial score (nSPS) is 24.4. The van der Waals surface area contributed by atoms with Gasteiger partial charge in [0.25, 0.3) is 5.91 Å². The molecule has 2 rings (SSSR count). The van der Waals surface area contributed by atoms with Gasteiger partial charge in [-0.15, -0.1) is 0 Å². The molecule has 1 heterocycles. The molecule has 1 fully saturated rings. The van der Waals surface area contributed by atoms with Crippen LogP contribution in [0.4, 0.5) is 5.69 Å². The van der Waals surface area contributed by atoms with E-state index in [0.717, 1.165) is 24.3 Å². The molecule has 0 aromatic heterocycles. The van der Waals surface area contributed by atoms with Gasteiger partial charge in [-0.3, -0.25) is 9.59 Å². The Hall–Kier alpha value is -1.92. The monoisotopic (exact) mass is 348 g/mol. The zero-order valence-corrected chi connectivity index (χ0v) is 15.8. The third kappa shape index (κ3) is 5.54. The Morgan fingerprint density at radius 2 is 1.80 bits per heavy atom. The summed E-state index contributed by atoms with van der Waals surface area (Å²) in [5.41, 5.74) is 1.88. The van der Waals surface area contributed by atoms with Gasteiger partial charge in [0, 0.05) is 12.7 Å². The Balaban J connectivity index is 1.88. The highest BCUT2D eigenvalue weighted by molar-refractivity contribution is 5.94. The number of carbonyl (C=O) groups excluding carboxylic acids is 2. The molecule has 1 aliphatic rings. The van der Waals surface area contributed by atoms with E-state index in [9.17, 15) is 9.59 Å². The molecule has 0 spiro atoms. The molecule has 138 valence electrons. The van der Waals surface area contributed by atoms with E-state index < -0.39 is 0 Å². The van der Waals surface area contributed by atoms with Crippen molar-refractivity contribution in [1.82, 2.24) is 4.90 Å². The number of carbonyl (C=O) groups is 2. The van der Waals surface area contributed by atoms with Crippen molar-refractivity contribution in [3.63, 3.8) is 0 Å². The molecule has 6 heteroatoms. The minimum absolute atomic E-state index is 0.0182. The van der Waals surface area contributed by atoms with Crippen LogP contribution >= 0.6 is 0 Å². The van der Waals surface area contributed by atoms with Crippen LogP contribution in [0.3, 0.4) is 0 Å². The fourth-order valence-electron chi connectivity index (χ4n) is 3.30. The number of morpholine rings is 1. The van der Waals surface area contributed by atoms with E-state index in [4.69, 9.17) is 4.74 Å². The zero-order valence-electron chi connectivity index (χ0n) is 15.8. The lowest BCUT2D eigenvalue weighted by atomic mass is 10.1. The number of ether oxygens (including phenoxy) is 1. The standard InChI is InChI=1S/C19H29N3O3/c1-13-6-8-17(9-7-13)20-18(23)12-21(5)19(24)16(4)22-10-14(2)25-15(3)11-22/h6-9,14-16H,10-12H2,1-5H3,(H,20,23)/p+1/t14-,15-,16+/m1/s1. The van der Waals surface area contributed by atoms with Gasteiger partial charge >= 0.3 is 0 Å². The van der Waals surface area contributed by atoms with Gasteiger partial charge in [0.2, 0.25) is 5.91 Å². The van der Waals surface area contributed by atoms with Gasteiger partial charge in [0.05, 0.1) is 6.54 Å². The number of aryl methyl sites for hydroxylation is 1. The van der Waals surface area contributed by atoms with E-state index >= 15 is 0 Å². The van der Waals surface area contributed by atoms with E-state index in [0.29, 0.717) is 0 Å². The Morgan fingerprint density at radius 3 is 2.36 bits per heavy atom. The number of amides is 2. The lowest BCUT2D eigenvalue weighted by Gasteiger charge is -2.36. The molecule has 1 saturated heterocycles. The maximum atomic E-state index is 12.7. The predicted molar refractivity (Wildman–Crippen MR) is 97.6 cm³/mol. The average molecular weight is 348 g/mol. The highest BCUT2D eigenvalue weighted by Crippen LogP contribution is 2.08. The molecule has 6 nitrogen and oxygen atoms in total. The van der Waals surface area contributed by atoms with E-state index in [1.807, 2.05) is 52.0 Å². The number of hydrogen-bond donors (Lipinski definition) is 2. The molecular formula is C19H30N3O3+. The number of benzene rings is 1. The molecule has 25 heavy (non-hydrogen) atoms. The Kier molecular flexibility index (Phi) is 6.56. The number of anilines is 1. The summed E-state index contributed by atoms with van der Waals surface area (Å²) in [6, 6.07) is 7.41. The van der Waals surface area contributed by atoms with Gasteiger partial charge in [0.1, 0.15) is 25.3 Å². The first-order chi connectivity index (χ1) is 11.8. The highest BCUT2D eigenvalue weighted by atomic mass is 16.5. The summed E-state index contributed by atoms with van der Waals surface area (Å²) < 4.78 is 5.74. The Bertz CT molecular complexity index is 592. The fourth-order valence-corrected chi connectivity index (χ4v) is 3.30. The van der Waals surface area contributed by atoms with Crippen LogP contribution < -0.4 is 10.2 Å². The van der Waals surface area contributed by atoms with Crippen LogP contribution in [-0.2, 0) is 14.3 Å². The minimum atomic E-state index is -0.189. The molecule has 3 atom stereocenters. The highest BCUT2D eigenvalue weighted by Gasteiger charge is 2.34. The van der Waals surface area contributed by atoms with Gasteiger partial charge in [-0.05, 0) is 39.8 Å². The van der Waals surface area contributed by atoms with Crippen LogP contribution in [0, 0.1) is 6.92 Å². The SMILES string of the molecule is Cc1ccc(NC(=O)CN(C)C(=O)[C@H](C)[NH+]2C[C@@H](C)O[C@H](C)C2)cc1. The summed E-state index contributed by atoms with van der Waals surface area (Å²) in [6.07, 6.45) is 0.285. The molecule has 1 aromatic carbocycles. The predicted octanol–water partition coefficient (Wildman–Crippen LogP) is 0.473. The van der Waals surface area contributed by atoms with Crippen molar-refractivity contribution in [2.45, 2.75) is 45.9 Å². The van der Waals surface area contributed by atoms with Crippen molar-refractivity contribution in [2.24, 2.45) is 0 Å². The first-order valence-corrected chi connectivity index (χ1v) is 8.87. The molecule has 0 bridgehead atoms. The number of likely N-dealkylation sites (N-methyl/N-ethyl adjacent to an activating group) is 1. The summed E-state index contributed by atoms with van der Waals surface area (Å²) >= 11 is 0. The topological polar surface area (TPSA) is 63.1 Å². The summed E-state index contributed by atoms with van der Waals surface area (Å²) in [5.74, 6) is -0.207. The quantitative estimate of drug-likeness (QED) is 0.813. The van der Waals surface area contributed by atoms with E-state index in [-0.39, 0.29) is 36.6 Å². The van der Waals surface area contributed by atoms with Crippen molar-refractivity contribution in [2.75, 3.05) is 32.0 Å².